The molecule has 1 N–H and O–H groups in total. The first kappa shape index (κ1) is 17.4. The standard InChI is InChI=1S/C19H20ClNO4/c1-12-9-14(7-8-16(12)20)24-13(2)19(22)21-10-15-11-23-17-5-3-4-6-18(17)25-15/h3-9,13,15H,10-11H2,1-2H3,(H,21,22)/t13-,15-/m0/s1. The first-order valence-corrected chi connectivity index (χ1v) is 8.49. The Bertz CT molecular complexity index is 765. The third-order valence-electron chi connectivity index (χ3n) is 3.88. The van der Waals surface area contributed by atoms with Crippen LogP contribution in [0.4, 0.5) is 0 Å². The van der Waals surface area contributed by atoms with Crippen molar-refractivity contribution in [2.75, 3.05) is 13.2 Å². The lowest BCUT2D eigenvalue weighted by Crippen LogP contribution is -2.44. The molecule has 0 fully saturated rings. The van der Waals surface area contributed by atoms with Crippen molar-refractivity contribution in [2.24, 2.45) is 0 Å². The summed E-state index contributed by atoms with van der Waals surface area (Å²) in [6.07, 6.45) is -0.860. The zero-order valence-electron chi connectivity index (χ0n) is 14.1. The van der Waals surface area contributed by atoms with Crippen molar-refractivity contribution in [2.45, 2.75) is 26.1 Å². The van der Waals surface area contributed by atoms with Crippen molar-refractivity contribution in [1.29, 1.82) is 0 Å². The van der Waals surface area contributed by atoms with Gasteiger partial charge in [-0.2, -0.15) is 0 Å². The molecule has 132 valence electrons. The quantitative estimate of drug-likeness (QED) is 0.887. The minimum absolute atomic E-state index is 0.213. The molecule has 1 aliphatic heterocycles. The van der Waals surface area contributed by atoms with Crippen molar-refractivity contribution < 1.29 is 19.0 Å². The van der Waals surface area contributed by atoms with Gasteiger partial charge < -0.3 is 19.5 Å². The van der Waals surface area contributed by atoms with Crippen molar-refractivity contribution in [3.63, 3.8) is 0 Å². The zero-order chi connectivity index (χ0) is 17.8. The van der Waals surface area contributed by atoms with Crippen LogP contribution in [0, 0.1) is 6.92 Å². The maximum absolute atomic E-state index is 12.2. The Morgan fingerprint density at radius 3 is 2.84 bits per heavy atom. The van der Waals surface area contributed by atoms with Gasteiger partial charge in [-0.1, -0.05) is 23.7 Å². The second-order valence-corrected chi connectivity index (χ2v) is 6.32. The van der Waals surface area contributed by atoms with Gasteiger partial charge >= 0.3 is 0 Å². The molecule has 5 nitrogen and oxygen atoms in total. The van der Waals surface area contributed by atoms with E-state index in [-0.39, 0.29) is 12.0 Å². The monoisotopic (exact) mass is 361 g/mol. The van der Waals surface area contributed by atoms with E-state index >= 15 is 0 Å². The van der Waals surface area contributed by atoms with Crippen LogP contribution in [0.2, 0.25) is 5.02 Å². The van der Waals surface area contributed by atoms with E-state index in [9.17, 15) is 4.79 Å². The molecule has 0 saturated heterocycles. The maximum atomic E-state index is 12.2. The SMILES string of the molecule is Cc1cc(O[C@@H](C)C(=O)NC[C@H]2COc3ccccc3O2)ccc1Cl. The van der Waals surface area contributed by atoms with E-state index in [4.69, 9.17) is 25.8 Å². The minimum Gasteiger partial charge on any atom is -0.486 e. The number of para-hydroxylation sites is 2. The third-order valence-corrected chi connectivity index (χ3v) is 4.31. The van der Waals surface area contributed by atoms with Gasteiger partial charge in [0.2, 0.25) is 0 Å². The van der Waals surface area contributed by atoms with Crippen LogP contribution in [0.25, 0.3) is 0 Å². The van der Waals surface area contributed by atoms with Gasteiger partial charge in [-0.3, -0.25) is 4.79 Å². The Morgan fingerprint density at radius 2 is 2.08 bits per heavy atom. The predicted octanol–water partition coefficient (Wildman–Crippen LogP) is 3.37. The number of amides is 1. The molecule has 0 saturated carbocycles. The summed E-state index contributed by atoms with van der Waals surface area (Å²) in [6, 6.07) is 12.8. The molecule has 6 heteroatoms. The molecule has 0 aromatic heterocycles. The summed E-state index contributed by atoms with van der Waals surface area (Å²) >= 11 is 5.99. The fourth-order valence-electron chi connectivity index (χ4n) is 2.47. The lowest BCUT2D eigenvalue weighted by molar-refractivity contribution is -0.127. The van der Waals surface area contributed by atoms with E-state index in [1.165, 1.54) is 0 Å². The molecule has 2 aromatic rings. The summed E-state index contributed by atoms with van der Waals surface area (Å²) in [7, 11) is 0. The van der Waals surface area contributed by atoms with Gasteiger partial charge in [0, 0.05) is 5.02 Å². The highest BCUT2D eigenvalue weighted by Crippen LogP contribution is 2.30. The molecule has 25 heavy (non-hydrogen) atoms. The Labute approximate surface area is 151 Å². The lowest BCUT2D eigenvalue weighted by Gasteiger charge is -2.27. The van der Waals surface area contributed by atoms with Crippen molar-refractivity contribution in [3.05, 3.63) is 53.1 Å². The first-order chi connectivity index (χ1) is 12.0. The summed E-state index contributed by atoms with van der Waals surface area (Å²) in [6.45, 7) is 4.33. The first-order valence-electron chi connectivity index (χ1n) is 8.12. The Hall–Kier alpha value is -2.40. The van der Waals surface area contributed by atoms with Gasteiger partial charge in [0.05, 0.1) is 6.54 Å². The molecular formula is C19H20ClNO4. The van der Waals surface area contributed by atoms with Crippen LogP contribution in [-0.4, -0.2) is 31.3 Å². The van der Waals surface area contributed by atoms with E-state index in [1.807, 2.05) is 31.2 Å². The Kier molecular flexibility index (Phi) is 5.34. The highest BCUT2D eigenvalue weighted by molar-refractivity contribution is 6.31. The zero-order valence-corrected chi connectivity index (χ0v) is 14.9. The van der Waals surface area contributed by atoms with E-state index in [0.717, 1.165) is 11.3 Å². The van der Waals surface area contributed by atoms with Crippen LogP contribution >= 0.6 is 11.6 Å². The third kappa shape index (κ3) is 4.37. The molecule has 2 atom stereocenters. The number of rotatable bonds is 5. The second kappa shape index (κ2) is 7.66. The number of nitrogens with one attached hydrogen (secondary N) is 1. The highest BCUT2D eigenvalue weighted by atomic mass is 35.5. The van der Waals surface area contributed by atoms with Crippen LogP contribution in [-0.2, 0) is 4.79 Å². The molecule has 0 bridgehead atoms. The van der Waals surface area contributed by atoms with Gasteiger partial charge in [-0.05, 0) is 49.7 Å². The van der Waals surface area contributed by atoms with Crippen molar-refractivity contribution >= 4 is 17.5 Å². The summed E-state index contributed by atoms with van der Waals surface area (Å²) in [5.74, 6) is 1.81. The molecule has 1 aliphatic rings. The van der Waals surface area contributed by atoms with Crippen LogP contribution in [0.3, 0.4) is 0 Å². The van der Waals surface area contributed by atoms with Gasteiger partial charge in [0.1, 0.15) is 18.5 Å². The average Bonchev–Trinajstić information content (AvgIpc) is 2.62. The second-order valence-electron chi connectivity index (χ2n) is 5.91. The number of ether oxygens (including phenoxy) is 3. The Balaban J connectivity index is 1.50. The van der Waals surface area contributed by atoms with E-state index in [2.05, 4.69) is 5.32 Å². The number of aryl methyl sites for hydroxylation is 1. The van der Waals surface area contributed by atoms with Crippen molar-refractivity contribution in [1.82, 2.24) is 5.32 Å². The summed E-state index contributed by atoms with van der Waals surface area (Å²) in [5.41, 5.74) is 0.901. The van der Waals surface area contributed by atoms with Gasteiger partial charge in [0.15, 0.2) is 17.6 Å². The van der Waals surface area contributed by atoms with E-state index in [1.54, 1.807) is 25.1 Å². The van der Waals surface area contributed by atoms with Crippen LogP contribution < -0.4 is 19.5 Å². The molecule has 0 unspecified atom stereocenters. The van der Waals surface area contributed by atoms with Gasteiger partial charge in [0.25, 0.3) is 5.91 Å². The van der Waals surface area contributed by atoms with E-state index in [0.29, 0.717) is 29.7 Å². The number of halogens is 1. The number of benzene rings is 2. The molecule has 1 amide bonds. The largest absolute Gasteiger partial charge is 0.486 e. The molecular weight excluding hydrogens is 342 g/mol. The number of fused-ring (bicyclic) bond motifs is 1. The average molecular weight is 362 g/mol. The summed E-state index contributed by atoms with van der Waals surface area (Å²) in [5, 5.41) is 3.50. The summed E-state index contributed by atoms with van der Waals surface area (Å²) in [4.78, 5) is 12.2. The van der Waals surface area contributed by atoms with Gasteiger partial charge in [-0.15, -0.1) is 0 Å². The summed E-state index contributed by atoms with van der Waals surface area (Å²) < 4.78 is 17.1. The normalized spacial score (nSPS) is 16.8. The molecule has 0 spiro atoms. The molecule has 0 aliphatic carbocycles. The molecule has 2 aromatic carbocycles. The topological polar surface area (TPSA) is 56.8 Å². The van der Waals surface area contributed by atoms with E-state index < -0.39 is 6.10 Å². The Morgan fingerprint density at radius 1 is 1.32 bits per heavy atom. The fourth-order valence-corrected chi connectivity index (χ4v) is 2.59. The number of hydrogen-bond acceptors (Lipinski definition) is 4. The van der Waals surface area contributed by atoms with Gasteiger partial charge in [-0.25, -0.2) is 0 Å². The van der Waals surface area contributed by atoms with Crippen LogP contribution in [0.15, 0.2) is 42.5 Å². The molecule has 0 radical (unpaired) electrons. The highest BCUT2D eigenvalue weighted by Gasteiger charge is 2.22. The lowest BCUT2D eigenvalue weighted by atomic mass is 10.2. The van der Waals surface area contributed by atoms with Crippen LogP contribution in [0.1, 0.15) is 12.5 Å². The molecule has 1 heterocycles. The van der Waals surface area contributed by atoms with Crippen molar-refractivity contribution in [3.8, 4) is 17.2 Å². The smallest absolute Gasteiger partial charge is 0.260 e. The maximum Gasteiger partial charge on any atom is 0.260 e. The number of carbonyl (C=O) groups excluding carboxylic acids is 1. The minimum atomic E-state index is -0.627. The number of hydrogen-bond donors (Lipinski definition) is 1. The number of carbonyl (C=O) groups is 1. The molecule has 3 rings (SSSR count). The van der Waals surface area contributed by atoms with Crippen LogP contribution in [0.5, 0.6) is 17.2 Å². The predicted molar refractivity (Wildman–Crippen MR) is 95.6 cm³/mol. The fraction of sp³-hybridized carbons (Fsp3) is 0.316.